The Labute approximate surface area is 103 Å². The van der Waals surface area contributed by atoms with Gasteiger partial charge in [-0.25, -0.2) is 9.37 Å². The number of halogens is 1. The van der Waals surface area contributed by atoms with E-state index in [0.29, 0.717) is 23.0 Å². The molecular weight excluding hydrogens is 239 g/mol. The van der Waals surface area contributed by atoms with Gasteiger partial charge in [-0.15, -0.1) is 0 Å². The molecule has 2 aromatic rings. The molecular formula is C12H13FN2OS. The molecule has 1 N–H and O–H groups in total. The normalized spacial score (nSPS) is 20.9. The largest absolute Gasteiger partial charge is 0.441 e. The van der Waals surface area contributed by atoms with Gasteiger partial charge in [-0.3, -0.25) is 0 Å². The Bertz CT molecular complexity index is 522. The van der Waals surface area contributed by atoms with E-state index in [1.807, 2.05) is 11.8 Å². The van der Waals surface area contributed by atoms with Crippen LogP contribution in [-0.2, 0) is 6.42 Å². The summed E-state index contributed by atoms with van der Waals surface area (Å²) in [4.78, 5) is 4.31. The fourth-order valence-corrected chi connectivity index (χ4v) is 2.95. The van der Waals surface area contributed by atoms with Gasteiger partial charge in [0.15, 0.2) is 11.5 Å². The van der Waals surface area contributed by atoms with Crippen molar-refractivity contribution in [2.24, 2.45) is 0 Å². The van der Waals surface area contributed by atoms with Crippen molar-refractivity contribution in [1.82, 2.24) is 10.3 Å². The average molecular weight is 252 g/mol. The van der Waals surface area contributed by atoms with Crippen LogP contribution in [0.15, 0.2) is 22.6 Å². The lowest BCUT2D eigenvalue weighted by Gasteiger charge is -2.21. The second kappa shape index (κ2) is 4.66. The molecule has 1 atom stereocenters. The summed E-state index contributed by atoms with van der Waals surface area (Å²) >= 11 is 1.94. The molecule has 2 heterocycles. The van der Waals surface area contributed by atoms with Crippen LogP contribution in [0.2, 0.25) is 0 Å². The van der Waals surface area contributed by atoms with E-state index in [-0.39, 0.29) is 5.82 Å². The molecule has 17 heavy (non-hydrogen) atoms. The second-order valence-electron chi connectivity index (χ2n) is 4.15. The molecule has 1 aromatic carbocycles. The summed E-state index contributed by atoms with van der Waals surface area (Å²) in [6.07, 6.45) is 0.767. The summed E-state index contributed by atoms with van der Waals surface area (Å²) in [7, 11) is 0. The number of fused-ring (bicyclic) bond motifs is 1. The number of nitrogens with zero attached hydrogens (tertiary/aromatic N) is 1. The smallest absolute Gasteiger partial charge is 0.197 e. The Hall–Kier alpha value is -1.07. The van der Waals surface area contributed by atoms with E-state index in [0.717, 1.165) is 24.5 Å². The molecule has 3 rings (SSSR count). The van der Waals surface area contributed by atoms with Gasteiger partial charge in [-0.1, -0.05) is 0 Å². The van der Waals surface area contributed by atoms with Crippen molar-refractivity contribution in [3.05, 3.63) is 29.9 Å². The first-order chi connectivity index (χ1) is 8.31. The molecule has 1 aliphatic heterocycles. The third-order valence-electron chi connectivity index (χ3n) is 2.81. The zero-order valence-corrected chi connectivity index (χ0v) is 10.1. The average Bonchev–Trinajstić information content (AvgIpc) is 2.71. The van der Waals surface area contributed by atoms with Gasteiger partial charge in [0, 0.05) is 36.6 Å². The minimum absolute atomic E-state index is 0.274. The van der Waals surface area contributed by atoms with Crippen LogP contribution < -0.4 is 5.32 Å². The van der Waals surface area contributed by atoms with Gasteiger partial charge in [-0.05, 0) is 12.1 Å². The lowest BCUT2D eigenvalue weighted by atomic mass is 10.2. The molecule has 0 radical (unpaired) electrons. The summed E-state index contributed by atoms with van der Waals surface area (Å²) < 4.78 is 18.6. The number of hydrogen-bond acceptors (Lipinski definition) is 4. The Morgan fingerprint density at radius 3 is 3.29 bits per heavy atom. The number of rotatable bonds is 2. The first-order valence-corrected chi connectivity index (χ1v) is 6.83. The third-order valence-corrected chi connectivity index (χ3v) is 3.94. The lowest BCUT2D eigenvalue weighted by Crippen LogP contribution is -2.38. The molecule has 1 saturated heterocycles. The number of hydrogen-bond donors (Lipinski definition) is 1. The van der Waals surface area contributed by atoms with Crippen LogP contribution in [0.1, 0.15) is 5.89 Å². The molecule has 0 spiro atoms. The van der Waals surface area contributed by atoms with Gasteiger partial charge in [0.2, 0.25) is 0 Å². The van der Waals surface area contributed by atoms with Gasteiger partial charge in [0.25, 0.3) is 0 Å². The van der Waals surface area contributed by atoms with Gasteiger partial charge < -0.3 is 9.73 Å². The van der Waals surface area contributed by atoms with E-state index in [9.17, 15) is 4.39 Å². The topological polar surface area (TPSA) is 38.1 Å². The molecule has 0 aliphatic carbocycles. The molecule has 1 aromatic heterocycles. The summed E-state index contributed by atoms with van der Waals surface area (Å²) in [5, 5.41) is 3.43. The summed E-state index contributed by atoms with van der Waals surface area (Å²) in [6, 6.07) is 4.84. The van der Waals surface area contributed by atoms with Crippen LogP contribution in [-0.4, -0.2) is 29.1 Å². The van der Waals surface area contributed by atoms with Crippen molar-refractivity contribution < 1.29 is 8.81 Å². The summed E-state index contributed by atoms with van der Waals surface area (Å²) in [5.74, 6) is 2.65. The van der Waals surface area contributed by atoms with E-state index in [2.05, 4.69) is 10.3 Å². The SMILES string of the molecule is Fc1ccc2oc(CC3CSCCN3)nc2c1. The Kier molecular flexibility index (Phi) is 3.03. The number of benzene rings is 1. The van der Waals surface area contributed by atoms with Crippen molar-refractivity contribution >= 4 is 22.9 Å². The maximum absolute atomic E-state index is 13.0. The molecule has 1 aliphatic rings. The zero-order chi connectivity index (χ0) is 11.7. The van der Waals surface area contributed by atoms with Crippen molar-refractivity contribution in [2.45, 2.75) is 12.5 Å². The first kappa shape index (κ1) is 11.0. The van der Waals surface area contributed by atoms with Crippen molar-refractivity contribution in [1.29, 1.82) is 0 Å². The van der Waals surface area contributed by atoms with Crippen LogP contribution in [0.5, 0.6) is 0 Å². The monoisotopic (exact) mass is 252 g/mol. The van der Waals surface area contributed by atoms with E-state index in [4.69, 9.17) is 4.42 Å². The number of nitrogens with one attached hydrogen (secondary N) is 1. The Balaban J connectivity index is 1.80. The van der Waals surface area contributed by atoms with Crippen LogP contribution >= 0.6 is 11.8 Å². The quantitative estimate of drug-likeness (QED) is 0.889. The lowest BCUT2D eigenvalue weighted by molar-refractivity contribution is 0.469. The maximum atomic E-state index is 13.0. The first-order valence-electron chi connectivity index (χ1n) is 5.67. The molecule has 0 amide bonds. The standard InChI is InChI=1S/C12H13FN2OS/c13-8-1-2-11-10(5-8)15-12(16-11)6-9-7-17-4-3-14-9/h1-2,5,9,14H,3-4,6-7H2. The highest BCUT2D eigenvalue weighted by Crippen LogP contribution is 2.19. The van der Waals surface area contributed by atoms with Crippen molar-refractivity contribution in [3.63, 3.8) is 0 Å². The van der Waals surface area contributed by atoms with Crippen LogP contribution in [0.3, 0.4) is 0 Å². The van der Waals surface area contributed by atoms with Gasteiger partial charge in [0.05, 0.1) is 0 Å². The van der Waals surface area contributed by atoms with E-state index in [1.165, 1.54) is 12.1 Å². The summed E-state index contributed by atoms with van der Waals surface area (Å²) in [6.45, 7) is 1.03. The Morgan fingerprint density at radius 1 is 1.53 bits per heavy atom. The molecule has 0 bridgehead atoms. The predicted octanol–water partition coefficient (Wildman–Crippen LogP) is 2.21. The third kappa shape index (κ3) is 2.45. The fraction of sp³-hybridized carbons (Fsp3) is 0.417. The highest BCUT2D eigenvalue weighted by Gasteiger charge is 2.16. The second-order valence-corrected chi connectivity index (χ2v) is 5.30. The van der Waals surface area contributed by atoms with Crippen LogP contribution in [0, 0.1) is 5.82 Å². The maximum Gasteiger partial charge on any atom is 0.197 e. The highest BCUT2D eigenvalue weighted by molar-refractivity contribution is 7.99. The van der Waals surface area contributed by atoms with Gasteiger partial charge in [0.1, 0.15) is 11.3 Å². The van der Waals surface area contributed by atoms with Crippen LogP contribution in [0.4, 0.5) is 4.39 Å². The van der Waals surface area contributed by atoms with Crippen LogP contribution in [0.25, 0.3) is 11.1 Å². The molecule has 3 nitrogen and oxygen atoms in total. The number of thioether (sulfide) groups is 1. The summed E-state index contributed by atoms with van der Waals surface area (Å²) in [5.41, 5.74) is 1.26. The molecule has 90 valence electrons. The minimum atomic E-state index is -0.274. The molecule has 0 saturated carbocycles. The van der Waals surface area contributed by atoms with Crippen molar-refractivity contribution in [2.75, 3.05) is 18.1 Å². The number of aromatic nitrogens is 1. The minimum Gasteiger partial charge on any atom is -0.441 e. The fourth-order valence-electron chi connectivity index (χ4n) is 2.00. The highest BCUT2D eigenvalue weighted by atomic mass is 32.2. The Morgan fingerprint density at radius 2 is 2.47 bits per heavy atom. The predicted molar refractivity (Wildman–Crippen MR) is 66.8 cm³/mol. The van der Waals surface area contributed by atoms with Gasteiger partial charge in [-0.2, -0.15) is 11.8 Å². The van der Waals surface area contributed by atoms with E-state index in [1.54, 1.807) is 6.07 Å². The zero-order valence-electron chi connectivity index (χ0n) is 9.28. The molecule has 1 fully saturated rings. The van der Waals surface area contributed by atoms with E-state index < -0.39 is 0 Å². The van der Waals surface area contributed by atoms with E-state index >= 15 is 0 Å². The van der Waals surface area contributed by atoms with Crippen molar-refractivity contribution in [3.8, 4) is 0 Å². The molecule has 1 unspecified atom stereocenters. The van der Waals surface area contributed by atoms with Gasteiger partial charge >= 0.3 is 0 Å². The molecule has 5 heteroatoms. The number of oxazole rings is 1.